The highest BCUT2D eigenvalue weighted by molar-refractivity contribution is 5.60. The van der Waals surface area contributed by atoms with Crippen LogP contribution in [0, 0.1) is 0 Å². The highest BCUT2D eigenvalue weighted by Crippen LogP contribution is 2.24. The van der Waals surface area contributed by atoms with Gasteiger partial charge in [0.15, 0.2) is 5.82 Å². The fraction of sp³-hybridized carbons (Fsp3) is 0.400. The molecule has 6 nitrogen and oxygen atoms in total. The molecule has 0 spiro atoms. The zero-order valence-corrected chi connectivity index (χ0v) is 12.1. The summed E-state index contributed by atoms with van der Waals surface area (Å²) >= 11 is 0. The number of hydrogen-bond acceptors (Lipinski definition) is 6. The third-order valence-electron chi connectivity index (χ3n) is 3.61. The predicted octanol–water partition coefficient (Wildman–Crippen LogP) is 2.12. The molecule has 0 aliphatic carbocycles. The maximum Gasteiger partial charge on any atom is 0.230 e. The third-order valence-corrected chi connectivity index (χ3v) is 3.61. The quantitative estimate of drug-likeness (QED) is 0.930. The topological polar surface area (TPSA) is 77.2 Å². The summed E-state index contributed by atoms with van der Waals surface area (Å²) in [4.78, 5) is 15.3. The molecule has 1 aromatic heterocycles. The SMILES string of the molecule is COc1cccc(-c2nc(N)nc(N3CCCCC3)n2)c1. The van der Waals surface area contributed by atoms with E-state index in [-0.39, 0.29) is 5.95 Å². The Hall–Kier alpha value is -2.37. The summed E-state index contributed by atoms with van der Waals surface area (Å²) in [6.45, 7) is 1.95. The summed E-state index contributed by atoms with van der Waals surface area (Å²) in [5, 5.41) is 0. The van der Waals surface area contributed by atoms with Crippen molar-refractivity contribution in [2.75, 3.05) is 30.8 Å². The van der Waals surface area contributed by atoms with Crippen molar-refractivity contribution in [3.05, 3.63) is 24.3 Å². The van der Waals surface area contributed by atoms with Gasteiger partial charge in [0.1, 0.15) is 5.75 Å². The number of piperidine rings is 1. The van der Waals surface area contributed by atoms with Gasteiger partial charge in [0.2, 0.25) is 11.9 Å². The number of benzene rings is 1. The van der Waals surface area contributed by atoms with Crippen molar-refractivity contribution >= 4 is 11.9 Å². The van der Waals surface area contributed by atoms with Gasteiger partial charge in [-0.15, -0.1) is 0 Å². The summed E-state index contributed by atoms with van der Waals surface area (Å²) in [5.74, 6) is 2.27. The zero-order valence-electron chi connectivity index (χ0n) is 12.1. The maximum atomic E-state index is 5.85. The second-order valence-electron chi connectivity index (χ2n) is 5.10. The summed E-state index contributed by atoms with van der Waals surface area (Å²) in [6, 6.07) is 7.64. The molecule has 1 fully saturated rings. The molecule has 3 rings (SSSR count). The van der Waals surface area contributed by atoms with Gasteiger partial charge in [-0.1, -0.05) is 12.1 Å². The van der Waals surface area contributed by atoms with E-state index in [0.29, 0.717) is 11.8 Å². The van der Waals surface area contributed by atoms with Crippen molar-refractivity contribution in [1.29, 1.82) is 0 Å². The summed E-state index contributed by atoms with van der Waals surface area (Å²) in [5.41, 5.74) is 6.73. The molecular formula is C15H19N5O. The molecule has 110 valence electrons. The van der Waals surface area contributed by atoms with E-state index in [0.717, 1.165) is 24.4 Å². The second-order valence-corrected chi connectivity index (χ2v) is 5.10. The first-order valence-electron chi connectivity index (χ1n) is 7.17. The van der Waals surface area contributed by atoms with E-state index in [2.05, 4.69) is 19.9 Å². The predicted molar refractivity (Wildman–Crippen MR) is 82.3 cm³/mol. The minimum absolute atomic E-state index is 0.253. The largest absolute Gasteiger partial charge is 0.497 e. The molecule has 1 aliphatic rings. The van der Waals surface area contributed by atoms with E-state index in [9.17, 15) is 0 Å². The highest BCUT2D eigenvalue weighted by Gasteiger charge is 2.16. The normalized spacial score (nSPS) is 15.0. The molecule has 2 N–H and O–H groups in total. The van der Waals surface area contributed by atoms with Crippen LogP contribution in [0.15, 0.2) is 24.3 Å². The van der Waals surface area contributed by atoms with E-state index in [1.54, 1.807) is 7.11 Å². The number of hydrogen-bond donors (Lipinski definition) is 1. The molecule has 21 heavy (non-hydrogen) atoms. The minimum Gasteiger partial charge on any atom is -0.497 e. The molecule has 0 unspecified atom stereocenters. The zero-order chi connectivity index (χ0) is 14.7. The van der Waals surface area contributed by atoms with Gasteiger partial charge in [0, 0.05) is 18.7 Å². The molecule has 1 aliphatic heterocycles. The van der Waals surface area contributed by atoms with Crippen LogP contribution in [-0.2, 0) is 0 Å². The lowest BCUT2D eigenvalue weighted by atomic mass is 10.1. The lowest BCUT2D eigenvalue weighted by Gasteiger charge is -2.26. The van der Waals surface area contributed by atoms with Crippen LogP contribution in [0.1, 0.15) is 19.3 Å². The average Bonchev–Trinajstić information content (AvgIpc) is 2.55. The average molecular weight is 285 g/mol. The summed E-state index contributed by atoms with van der Waals surface area (Å²) < 4.78 is 5.24. The lowest BCUT2D eigenvalue weighted by molar-refractivity contribution is 0.415. The minimum atomic E-state index is 0.253. The molecule has 2 aromatic rings. The van der Waals surface area contributed by atoms with Gasteiger partial charge in [-0.05, 0) is 31.4 Å². The molecule has 0 saturated carbocycles. The molecular weight excluding hydrogens is 266 g/mol. The molecule has 1 saturated heterocycles. The van der Waals surface area contributed by atoms with E-state index in [4.69, 9.17) is 10.5 Å². The van der Waals surface area contributed by atoms with Gasteiger partial charge >= 0.3 is 0 Å². The van der Waals surface area contributed by atoms with Crippen molar-refractivity contribution in [3.8, 4) is 17.1 Å². The summed E-state index contributed by atoms with van der Waals surface area (Å²) in [6.07, 6.45) is 3.60. The third kappa shape index (κ3) is 3.04. The Labute approximate surface area is 124 Å². The van der Waals surface area contributed by atoms with Gasteiger partial charge in [-0.25, -0.2) is 0 Å². The van der Waals surface area contributed by atoms with E-state index < -0.39 is 0 Å². The number of nitrogens with zero attached hydrogens (tertiary/aromatic N) is 4. The van der Waals surface area contributed by atoms with Crippen molar-refractivity contribution in [1.82, 2.24) is 15.0 Å². The number of nitrogens with two attached hydrogens (primary N) is 1. The Balaban J connectivity index is 1.96. The van der Waals surface area contributed by atoms with E-state index >= 15 is 0 Å². The number of anilines is 2. The van der Waals surface area contributed by atoms with Gasteiger partial charge in [-0.3, -0.25) is 0 Å². The molecule has 0 amide bonds. The van der Waals surface area contributed by atoms with Crippen molar-refractivity contribution in [2.24, 2.45) is 0 Å². The lowest BCUT2D eigenvalue weighted by Crippen LogP contribution is -2.31. The molecule has 0 bridgehead atoms. The first-order valence-corrected chi connectivity index (χ1v) is 7.17. The molecule has 0 radical (unpaired) electrons. The standard InChI is InChI=1S/C15H19N5O/c1-21-12-7-5-6-11(10-12)13-17-14(16)19-15(18-13)20-8-3-2-4-9-20/h5-7,10H,2-4,8-9H2,1H3,(H2,16,17,18,19). The van der Waals surface area contributed by atoms with Crippen LogP contribution in [0.2, 0.25) is 0 Å². The van der Waals surface area contributed by atoms with Gasteiger partial charge in [-0.2, -0.15) is 15.0 Å². The fourth-order valence-corrected chi connectivity index (χ4v) is 2.51. The van der Waals surface area contributed by atoms with Gasteiger partial charge < -0.3 is 15.4 Å². The smallest absolute Gasteiger partial charge is 0.230 e. The summed E-state index contributed by atoms with van der Waals surface area (Å²) in [7, 11) is 1.64. The second kappa shape index (κ2) is 5.95. The van der Waals surface area contributed by atoms with Crippen LogP contribution in [0.4, 0.5) is 11.9 Å². The van der Waals surface area contributed by atoms with Crippen LogP contribution in [0.25, 0.3) is 11.4 Å². The van der Waals surface area contributed by atoms with Crippen molar-refractivity contribution in [3.63, 3.8) is 0 Å². The molecule has 1 aromatic carbocycles. The van der Waals surface area contributed by atoms with E-state index in [1.165, 1.54) is 19.3 Å². The first-order chi connectivity index (χ1) is 10.3. The van der Waals surface area contributed by atoms with Crippen LogP contribution in [-0.4, -0.2) is 35.2 Å². The number of aromatic nitrogens is 3. The Morgan fingerprint density at radius 3 is 2.67 bits per heavy atom. The highest BCUT2D eigenvalue weighted by atomic mass is 16.5. The molecule has 2 heterocycles. The fourth-order valence-electron chi connectivity index (χ4n) is 2.51. The van der Waals surface area contributed by atoms with Crippen LogP contribution in [0.3, 0.4) is 0 Å². The van der Waals surface area contributed by atoms with Crippen molar-refractivity contribution in [2.45, 2.75) is 19.3 Å². The van der Waals surface area contributed by atoms with Crippen LogP contribution >= 0.6 is 0 Å². The van der Waals surface area contributed by atoms with Crippen molar-refractivity contribution < 1.29 is 4.74 Å². The maximum absolute atomic E-state index is 5.85. The number of ether oxygens (including phenoxy) is 1. The molecule has 0 atom stereocenters. The monoisotopic (exact) mass is 285 g/mol. The first kappa shape index (κ1) is 13.6. The number of nitrogen functional groups attached to an aromatic ring is 1. The Morgan fingerprint density at radius 2 is 1.90 bits per heavy atom. The Bertz CT molecular complexity index is 625. The Morgan fingerprint density at radius 1 is 1.10 bits per heavy atom. The van der Waals surface area contributed by atoms with Crippen LogP contribution < -0.4 is 15.4 Å². The van der Waals surface area contributed by atoms with Crippen LogP contribution in [0.5, 0.6) is 5.75 Å². The number of methoxy groups -OCH3 is 1. The number of rotatable bonds is 3. The Kier molecular flexibility index (Phi) is 3.85. The van der Waals surface area contributed by atoms with E-state index in [1.807, 2.05) is 24.3 Å². The van der Waals surface area contributed by atoms with Gasteiger partial charge in [0.25, 0.3) is 0 Å². The van der Waals surface area contributed by atoms with Gasteiger partial charge in [0.05, 0.1) is 7.11 Å². The molecule has 6 heteroatoms.